The molecule has 2 aromatic rings. The van der Waals surface area contributed by atoms with Crippen LogP contribution in [0.1, 0.15) is 20.9 Å². The first kappa shape index (κ1) is 12.5. The topological polar surface area (TPSA) is 80.0 Å². The molecular formula is C12H14N4OS. The van der Waals surface area contributed by atoms with Crippen LogP contribution in [0.4, 0.5) is 5.69 Å². The zero-order valence-corrected chi connectivity index (χ0v) is 10.8. The van der Waals surface area contributed by atoms with E-state index in [4.69, 9.17) is 5.84 Å². The zero-order chi connectivity index (χ0) is 13.0. The molecule has 0 spiro atoms. The average molecular weight is 262 g/mol. The van der Waals surface area contributed by atoms with Crippen molar-refractivity contribution in [2.24, 2.45) is 5.84 Å². The van der Waals surface area contributed by atoms with E-state index >= 15 is 0 Å². The van der Waals surface area contributed by atoms with Crippen molar-refractivity contribution in [3.05, 3.63) is 45.9 Å². The SMILES string of the molecule is Cc1ncsc1CNC(=O)c1ccc(NN)cc1. The van der Waals surface area contributed by atoms with Crippen LogP contribution >= 0.6 is 11.3 Å². The summed E-state index contributed by atoms with van der Waals surface area (Å²) in [4.78, 5) is 17.1. The molecule has 18 heavy (non-hydrogen) atoms. The number of carbonyl (C=O) groups excluding carboxylic acids is 1. The number of thiazole rings is 1. The first-order valence-corrected chi connectivity index (χ1v) is 6.32. The number of aryl methyl sites for hydroxylation is 1. The predicted molar refractivity (Wildman–Crippen MR) is 72.3 cm³/mol. The maximum absolute atomic E-state index is 11.9. The van der Waals surface area contributed by atoms with Crippen molar-refractivity contribution in [2.75, 3.05) is 5.43 Å². The summed E-state index contributed by atoms with van der Waals surface area (Å²) in [5.74, 6) is 5.15. The molecule has 0 bridgehead atoms. The normalized spacial score (nSPS) is 10.1. The van der Waals surface area contributed by atoms with E-state index in [0.29, 0.717) is 12.1 Å². The Morgan fingerprint density at radius 2 is 2.11 bits per heavy atom. The molecule has 1 heterocycles. The summed E-state index contributed by atoms with van der Waals surface area (Å²) >= 11 is 1.54. The lowest BCUT2D eigenvalue weighted by atomic mass is 10.2. The second-order valence-corrected chi connectivity index (χ2v) is 4.70. The highest BCUT2D eigenvalue weighted by Crippen LogP contribution is 2.12. The van der Waals surface area contributed by atoms with Gasteiger partial charge < -0.3 is 10.7 Å². The van der Waals surface area contributed by atoms with E-state index < -0.39 is 0 Å². The molecule has 0 saturated heterocycles. The standard InChI is InChI=1S/C12H14N4OS/c1-8-11(18-7-15-8)6-14-12(17)9-2-4-10(16-13)5-3-9/h2-5,7,16H,6,13H2,1H3,(H,14,17). The van der Waals surface area contributed by atoms with Gasteiger partial charge in [0, 0.05) is 16.1 Å². The van der Waals surface area contributed by atoms with Crippen molar-refractivity contribution in [2.45, 2.75) is 13.5 Å². The lowest BCUT2D eigenvalue weighted by molar-refractivity contribution is 0.0951. The number of aromatic nitrogens is 1. The van der Waals surface area contributed by atoms with Crippen LogP contribution < -0.4 is 16.6 Å². The van der Waals surface area contributed by atoms with Crippen molar-refractivity contribution in [3.63, 3.8) is 0 Å². The molecule has 0 atom stereocenters. The molecule has 0 aliphatic rings. The molecule has 1 amide bonds. The van der Waals surface area contributed by atoms with Crippen LogP contribution in [-0.4, -0.2) is 10.9 Å². The van der Waals surface area contributed by atoms with Crippen LogP contribution in [0.2, 0.25) is 0 Å². The van der Waals surface area contributed by atoms with Crippen molar-refractivity contribution in [3.8, 4) is 0 Å². The number of benzene rings is 1. The zero-order valence-electron chi connectivity index (χ0n) is 9.93. The van der Waals surface area contributed by atoms with E-state index in [0.717, 1.165) is 16.3 Å². The molecule has 0 fully saturated rings. The van der Waals surface area contributed by atoms with Crippen molar-refractivity contribution >= 4 is 22.9 Å². The van der Waals surface area contributed by atoms with Gasteiger partial charge in [0.1, 0.15) is 0 Å². The summed E-state index contributed by atoms with van der Waals surface area (Å²) < 4.78 is 0. The number of hydrogen-bond acceptors (Lipinski definition) is 5. The van der Waals surface area contributed by atoms with Gasteiger partial charge in [-0.3, -0.25) is 10.6 Å². The van der Waals surface area contributed by atoms with E-state index in [1.54, 1.807) is 41.1 Å². The minimum Gasteiger partial charge on any atom is -0.347 e. The van der Waals surface area contributed by atoms with E-state index in [2.05, 4.69) is 15.7 Å². The molecule has 0 aliphatic carbocycles. The Labute approximate surface area is 109 Å². The van der Waals surface area contributed by atoms with Crippen LogP contribution in [0, 0.1) is 6.92 Å². The van der Waals surface area contributed by atoms with E-state index in [1.807, 2.05) is 6.92 Å². The fourth-order valence-corrected chi connectivity index (χ4v) is 2.19. The molecule has 94 valence electrons. The number of carbonyl (C=O) groups is 1. The number of nitrogens with zero attached hydrogens (tertiary/aromatic N) is 1. The highest BCUT2D eigenvalue weighted by Gasteiger charge is 2.07. The van der Waals surface area contributed by atoms with Crippen LogP contribution in [0.15, 0.2) is 29.8 Å². The van der Waals surface area contributed by atoms with Crippen molar-refractivity contribution in [1.82, 2.24) is 10.3 Å². The third kappa shape index (κ3) is 2.85. The van der Waals surface area contributed by atoms with Gasteiger partial charge in [-0.15, -0.1) is 11.3 Å². The summed E-state index contributed by atoms with van der Waals surface area (Å²) in [6.07, 6.45) is 0. The molecule has 0 unspecified atom stereocenters. The number of amides is 1. The number of nitrogen functional groups attached to an aromatic ring is 1. The number of nitrogens with one attached hydrogen (secondary N) is 2. The van der Waals surface area contributed by atoms with Crippen molar-refractivity contribution in [1.29, 1.82) is 0 Å². The van der Waals surface area contributed by atoms with Gasteiger partial charge in [0.2, 0.25) is 0 Å². The third-order valence-corrected chi connectivity index (χ3v) is 3.50. The Bertz CT molecular complexity index is 535. The number of hydrogen-bond donors (Lipinski definition) is 3. The van der Waals surface area contributed by atoms with Crippen LogP contribution in [0.25, 0.3) is 0 Å². The van der Waals surface area contributed by atoms with Gasteiger partial charge in [0.05, 0.1) is 17.7 Å². The maximum atomic E-state index is 11.9. The first-order chi connectivity index (χ1) is 8.70. The summed E-state index contributed by atoms with van der Waals surface area (Å²) in [6, 6.07) is 6.97. The van der Waals surface area contributed by atoms with Crippen molar-refractivity contribution < 1.29 is 4.79 Å². The van der Waals surface area contributed by atoms with E-state index in [1.165, 1.54) is 0 Å². The summed E-state index contributed by atoms with van der Waals surface area (Å²) in [5, 5.41) is 2.86. The highest BCUT2D eigenvalue weighted by molar-refractivity contribution is 7.09. The van der Waals surface area contributed by atoms with Gasteiger partial charge in [-0.25, -0.2) is 4.98 Å². The number of nitrogens with two attached hydrogens (primary N) is 1. The minimum atomic E-state index is -0.105. The maximum Gasteiger partial charge on any atom is 0.251 e. The predicted octanol–water partition coefficient (Wildman–Crippen LogP) is 1.67. The van der Waals surface area contributed by atoms with Gasteiger partial charge in [0.15, 0.2) is 0 Å². The Balaban J connectivity index is 1.97. The monoisotopic (exact) mass is 262 g/mol. The molecule has 0 saturated carbocycles. The fraction of sp³-hybridized carbons (Fsp3) is 0.167. The average Bonchev–Trinajstić information content (AvgIpc) is 2.81. The van der Waals surface area contributed by atoms with Gasteiger partial charge in [-0.05, 0) is 31.2 Å². The largest absolute Gasteiger partial charge is 0.347 e. The molecule has 0 aliphatic heterocycles. The summed E-state index contributed by atoms with van der Waals surface area (Å²) in [6.45, 7) is 2.44. The van der Waals surface area contributed by atoms with Crippen LogP contribution in [0.3, 0.4) is 0 Å². The quantitative estimate of drug-likeness (QED) is 0.578. The Kier molecular flexibility index (Phi) is 3.91. The molecule has 0 radical (unpaired) electrons. The Hall–Kier alpha value is -1.92. The lowest BCUT2D eigenvalue weighted by Crippen LogP contribution is -2.22. The molecule has 6 heteroatoms. The number of hydrazine groups is 1. The third-order valence-electron chi connectivity index (χ3n) is 2.57. The van der Waals surface area contributed by atoms with Crippen LogP contribution in [0.5, 0.6) is 0 Å². The Morgan fingerprint density at radius 1 is 1.39 bits per heavy atom. The molecule has 4 N–H and O–H groups in total. The van der Waals surface area contributed by atoms with Gasteiger partial charge in [-0.1, -0.05) is 0 Å². The lowest BCUT2D eigenvalue weighted by Gasteiger charge is -2.05. The summed E-state index contributed by atoms with van der Waals surface area (Å²) in [7, 11) is 0. The molecular weight excluding hydrogens is 248 g/mol. The van der Waals surface area contributed by atoms with E-state index in [-0.39, 0.29) is 5.91 Å². The number of anilines is 1. The smallest absolute Gasteiger partial charge is 0.251 e. The second-order valence-electron chi connectivity index (χ2n) is 3.77. The fourth-order valence-electron chi connectivity index (χ4n) is 1.48. The first-order valence-electron chi connectivity index (χ1n) is 5.44. The highest BCUT2D eigenvalue weighted by atomic mass is 32.1. The molecule has 1 aromatic heterocycles. The van der Waals surface area contributed by atoms with E-state index in [9.17, 15) is 4.79 Å². The minimum absolute atomic E-state index is 0.105. The molecule has 1 aromatic carbocycles. The van der Waals surface area contributed by atoms with Gasteiger partial charge in [-0.2, -0.15) is 0 Å². The Morgan fingerprint density at radius 3 is 2.67 bits per heavy atom. The second kappa shape index (κ2) is 5.61. The van der Waals surface area contributed by atoms with Crippen LogP contribution in [-0.2, 0) is 6.54 Å². The van der Waals surface area contributed by atoms with Gasteiger partial charge >= 0.3 is 0 Å². The van der Waals surface area contributed by atoms with Gasteiger partial charge in [0.25, 0.3) is 5.91 Å². The molecule has 5 nitrogen and oxygen atoms in total. The number of rotatable bonds is 4. The molecule has 2 rings (SSSR count). The summed E-state index contributed by atoms with van der Waals surface area (Å²) in [5.41, 5.74) is 6.63.